The van der Waals surface area contributed by atoms with E-state index in [2.05, 4.69) is 131 Å². The number of aromatic nitrogens is 4. The number of H-pyrrole nitrogens is 4. The van der Waals surface area contributed by atoms with Gasteiger partial charge in [0.1, 0.15) is 0 Å². The minimum absolute atomic E-state index is 0.0443. The second-order valence-corrected chi connectivity index (χ2v) is 12.4. The Morgan fingerprint density at radius 2 is 0.739 bits per heavy atom. The molecular formula is C40H34N4O2. The van der Waals surface area contributed by atoms with Crippen molar-refractivity contribution in [1.29, 1.82) is 0 Å². The third-order valence-corrected chi connectivity index (χ3v) is 9.35. The van der Waals surface area contributed by atoms with Gasteiger partial charge in [-0.05, 0) is 91.2 Å². The molecule has 0 spiro atoms. The maximum absolute atomic E-state index is 11.7. The van der Waals surface area contributed by atoms with Gasteiger partial charge in [0.15, 0.2) is 0 Å². The van der Waals surface area contributed by atoms with Crippen LogP contribution in [0.15, 0.2) is 121 Å². The number of aromatic amines is 4. The van der Waals surface area contributed by atoms with Gasteiger partial charge in [0.05, 0.1) is 34.7 Å². The fourth-order valence-corrected chi connectivity index (χ4v) is 6.92. The number of aromatic carboxylic acids is 1. The van der Waals surface area contributed by atoms with Crippen molar-refractivity contribution in [2.45, 2.75) is 31.6 Å². The molecule has 0 radical (unpaired) electrons. The van der Waals surface area contributed by atoms with Crippen LogP contribution in [-0.4, -0.2) is 31.0 Å². The molecule has 2 unspecified atom stereocenters. The smallest absolute Gasteiger partial charge is 0.335 e. The number of carboxylic acids is 1. The minimum atomic E-state index is -0.935. The lowest BCUT2D eigenvalue weighted by atomic mass is 9.92. The van der Waals surface area contributed by atoms with Crippen LogP contribution in [-0.2, 0) is 0 Å². The summed E-state index contributed by atoms with van der Waals surface area (Å²) in [6.07, 6.45) is 0. The molecule has 1 aliphatic rings. The van der Waals surface area contributed by atoms with E-state index in [4.69, 9.17) is 0 Å². The van der Waals surface area contributed by atoms with Crippen LogP contribution in [0.1, 0.15) is 90.1 Å². The Kier molecular flexibility index (Phi) is 6.64. The summed E-state index contributed by atoms with van der Waals surface area (Å²) in [4.78, 5) is 26.8. The highest BCUT2D eigenvalue weighted by Gasteiger charge is 2.28. The van der Waals surface area contributed by atoms with Crippen molar-refractivity contribution in [3.63, 3.8) is 0 Å². The Bertz CT molecular complexity index is 2030. The van der Waals surface area contributed by atoms with Crippen molar-refractivity contribution < 1.29 is 9.90 Å². The average molecular weight is 603 g/mol. The van der Waals surface area contributed by atoms with Gasteiger partial charge in [-0.3, -0.25) is 0 Å². The summed E-state index contributed by atoms with van der Waals surface area (Å²) in [6, 6.07) is 42.0. The summed E-state index contributed by atoms with van der Waals surface area (Å²) >= 11 is 0. The van der Waals surface area contributed by atoms with Gasteiger partial charge in [-0.25, -0.2) is 4.79 Å². The maximum atomic E-state index is 11.7. The molecule has 0 amide bonds. The lowest BCUT2D eigenvalue weighted by molar-refractivity contribution is 0.0697. The van der Waals surface area contributed by atoms with Crippen molar-refractivity contribution in [2.24, 2.45) is 0 Å². The zero-order valence-electron chi connectivity index (χ0n) is 25.6. The first kappa shape index (κ1) is 27.8. The number of aryl methyl sites for hydroxylation is 2. The van der Waals surface area contributed by atoms with Crippen LogP contribution in [0.4, 0.5) is 0 Å². The van der Waals surface area contributed by atoms with Gasteiger partial charge in [0.25, 0.3) is 0 Å². The van der Waals surface area contributed by atoms with Gasteiger partial charge in [0, 0.05) is 34.2 Å². The van der Waals surface area contributed by atoms with Crippen LogP contribution in [0.5, 0.6) is 0 Å². The van der Waals surface area contributed by atoms with E-state index in [1.165, 1.54) is 22.3 Å². The second kappa shape index (κ2) is 11.0. The summed E-state index contributed by atoms with van der Waals surface area (Å²) < 4.78 is 0. The van der Waals surface area contributed by atoms with Crippen molar-refractivity contribution in [3.8, 4) is 11.4 Å². The summed E-state index contributed by atoms with van der Waals surface area (Å²) in [5.74, 6) is -1.20. The van der Waals surface area contributed by atoms with E-state index in [-0.39, 0.29) is 23.3 Å². The highest BCUT2D eigenvalue weighted by atomic mass is 16.4. The fourth-order valence-electron chi connectivity index (χ4n) is 6.92. The van der Waals surface area contributed by atoms with E-state index in [0.29, 0.717) is 0 Å². The number of benzene rings is 3. The Labute approximate surface area is 267 Å². The van der Waals surface area contributed by atoms with Crippen molar-refractivity contribution in [1.82, 2.24) is 19.9 Å². The molecule has 4 aromatic heterocycles. The molecule has 6 nitrogen and oxygen atoms in total. The predicted octanol–water partition coefficient (Wildman–Crippen LogP) is 8.84. The minimum Gasteiger partial charge on any atom is -0.478 e. The molecule has 0 saturated carbocycles. The van der Waals surface area contributed by atoms with Crippen LogP contribution in [0.25, 0.3) is 11.4 Å². The first-order valence-electron chi connectivity index (χ1n) is 15.6. The first-order chi connectivity index (χ1) is 22.4. The lowest BCUT2D eigenvalue weighted by Gasteiger charge is -2.19. The van der Waals surface area contributed by atoms with Gasteiger partial charge >= 0.3 is 5.97 Å². The molecule has 46 heavy (non-hydrogen) atoms. The van der Waals surface area contributed by atoms with Gasteiger partial charge in [0.2, 0.25) is 0 Å². The highest BCUT2D eigenvalue weighted by Crippen LogP contribution is 2.39. The number of nitrogens with one attached hydrogen (secondary N) is 4. The van der Waals surface area contributed by atoms with Gasteiger partial charge in [-0.15, -0.1) is 0 Å². The molecule has 8 rings (SSSR count). The molecule has 1 aliphatic heterocycles. The number of hydrogen-bond acceptors (Lipinski definition) is 1. The third kappa shape index (κ3) is 4.88. The standard InChI is InChI=1S/C40H34N4O2/c1-23-3-7-25(8-4-23)37-31-17-15-29(41-31)30-16-18-32(42-30)38(26-9-5-24(2)6-10-26)34-20-22-36(44-34)39(35-21-19-33(37)43-35)27-11-13-28(14-12-27)40(45)46/h3-22,37-39,41-44H,1-2H3,(H,45,46). The van der Waals surface area contributed by atoms with E-state index in [9.17, 15) is 9.90 Å². The molecule has 6 heteroatoms. The summed E-state index contributed by atoms with van der Waals surface area (Å²) in [5, 5.41) is 9.59. The Balaban J connectivity index is 1.36. The summed E-state index contributed by atoms with van der Waals surface area (Å²) in [6.45, 7) is 4.22. The Hall–Kier alpha value is -5.75. The van der Waals surface area contributed by atoms with Crippen LogP contribution < -0.4 is 0 Å². The zero-order valence-corrected chi connectivity index (χ0v) is 25.6. The Morgan fingerprint density at radius 3 is 1.09 bits per heavy atom. The monoisotopic (exact) mass is 602 g/mol. The number of rotatable bonds is 4. The SMILES string of the molecule is Cc1ccc(C2c3ccc([nH]3)-c3ccc([nH]3)C(c3ccc(C)cc3)c3ccc([nH]3)C(c3ccc(C(=O)O)cc3)c3ccc2[nH]3)cc1. The third-order valence-electron chi connectivity index (χ3n) is 9.35. The number of hydrogen-bond donors (Lipinski definition) is 5. The summed E-state index contributed by atoms with van der Waals surface area (Å²) in [7, 11) is 0. The highest BCUT2D eigenvalue weighted by molar-refractivity contribution is 5.87. The van der Waals surface area contributed by atoms with E-state index < -0.39 is 5.97 Å². The molecule has 0 aliphatic carbocycles. The van der Waals surface area contributed by atoms with E-state index in [1.54, 1.807) is 12.1 Å². The van der Waals surface area contributed by atoms with Crippen LogP contribution in [0.3, 0.4) is 0 Å². The molecule has 226 valence electrons. The van der Waals surface area contributed by atoms with Crippen LogP contribution in [0.2, 0.25) is 0 Å². The first-order valence-corrected chi connectivity index (χ1v) is 15.6. The molecule has 0 saturated heterocycles. The van der Waals surface area contributed by atoms with Crippen molar-refractivity contribution in [3.05, 3.63) is 189 Å². The summed E-state index contributed by atoms with van der Waals surface area (Å²) in [5.41, 5.74) is 14.5. The van der Waals surface area contributed by atoms with E-state index >= 15 is 0 Å². The molecular weight excluding hydrogens is 568 g/mol. The predicted molar refractivity (Wildman–Crippen MR) is 181 cm³/mol. The fraction of sp³-hybridized carbons (Fsp3) is 0.125. The molecule has 5 N–H and O–H groups in total. The van der Waals surface area contributed by atoms with E-state index in [1.807, 2.05) is 12.1 Å². The van der Waals surface area contributed by atoms with Gasteiger partial charge in [-0.2, -0.15) is 0 Å². The molecule has 5 heterocycles. The normalized spacial score (nSPS) is 17.3. The topological polar surface area (TPSA) is 100 Å². The van der Waals surface area contributed by atoms with Crippen molar-refractivity contribution in [2.75, 3.05) is 0 Å². The molecule has 8 bridgehead atoms. The molecule has 7 aromatic rings. The Morgan fingerprint density at radius 1 is 0.435 bits per heavy atom. The maximum Gasteiger partial charge on any atom is 0.335 e. The molecule has 0 fully saturated rings. The quantitative estimate of drug-likeness (QED) is 0.139. The molecule has 3 aromatic carbocycles. The largest absolute Gasteiger partial charge is 0.478 e. The number of carbonyl (C=O) groups is 1. The second-order valence-electron chi connectivity index (χ2n) is 12.4. The molecule has 2 atom stereocenters. The lowest BCUT2D eigenvalue weighted by Crippen LogP contribution is -2.09. The van der Waals surface area contributed by atoms with E-state index in [0.717, 1.165) is 51.1 Å². The van der Waals surface area contributed by atoms with Crippen molar-refractivity contribution >= 4 is 5.97 Å². The number of carboxylic acid groups (broad SMARTS) is 1. The van der Waals surface area contributed by atoms with Crippen LogP contribution in [0, 0.1) is 13.8 Å². The average Bonchev–Trinajstić information content (AvgIpc) is 3.89. The number of fused-ring (bicyclic) bond motifs is 9. The van der Waals surface area contributed by atoms with Gasteiger partial charge < -0.3 is 25.0 Å². The zero-order chi connectivity index (χ0) is 31.4. The van der Waals surface area contributed by atoms with Gasteiger partial charge in [-0.1, -0.05) is 71.8 Å². The van der Waals surface area contributed by atoms with Crippen LogP contribution >= 0.6 is 0 Å².